The number of hydrogen-bond acceptors (Lipinski definition) is 9. The number of amidine groups is 1. The highest BCUT2D eigenvalue weighted by Gasteiger charge is 2.50. The SMILES string of the molecule is C=C(C)CCC1(N)N=CN=C2C1=NCN2[C@@H]1O[C@H](CO)[C@@H](O)[C@H]1O. The Kier molecular flexibility index (Phi) is 4.54. The number of allylic oxidation sites excluding steroid dienone is 1. The van der Waals surface area contributed by atoms with Crippen molar-refractivity contribution in [2.75, 3.05) is 13.3 Å². The van der Waals surface area contributed by atoms with Gasteiger partial charge < -0.3 is 30.7 Å². The second-order valence-corrected chi connectivity index (χ2v) is 6.43. The summed E-state index contributed by atoms with van der Waals surface area (Å²) < 4.78 is 5.56. The number of nitrogens with zero attached hydrogens (tertiary/aromatic N) is 4. The summed E-state index contributed by atoms with van der Waals surface area (Å²) in [5, 5.41) is 29.4. The zero-order chi connectivity index (χ0) is 17.5. The van der Waals surface area contributed by atoms with E-state index in [2.05, 4.69) is 21.6 Å². The Balaban J connectivity index is 1.79. The number of nitrogens with two attached hydrogens (primary N) is 1. The van der Waals surface area contributed by atoms with Crippen LogP contribution in [0.25, 0.3) is 0 Å². The Hall–Kier alpha value is -1.65. The molecule has 0 amide bonds. The molecule has 0 spiro atoms. The smallest absolute Gasteiger partial charge is 0.162 e. The molecule has 9 heteroatoms. The van der Waals surface area contributed by atoms with Gasteiger partial charge in [0.05, 0.1) is 6.61 Å². The summed E-state index contributed by atoms with van der Waals surface area (Å²) >= 11 is 0. The maximum Gasteiger partial charge on any atom is 0.162 e. The van der Waals surface area contributed by atoms with Crippen molar-refractivity contribution < 1.29 is 20.1 Å². The lowest BCUT2D eigenvalue weighted by atomic mass is 9.95. The van der Waals surface area contributed by atoms with Crippen molar-refractivity contribution in [2.45, 2.75) is 50.0 Å². The van der Waals surface area contributed by atoms with Crippen LogP contribution in [0.1, 0.15) is 19.8 Å². The summed E-state index contributed by atoms with van der Waals surface area (Å²) in [6, 6.07) is 0. The van der Waals surface area contributed by atoms with Crippen LogP contribution in [0.5, 0.6) is 0 Å². The van der Waals surface area contributed by atoms with E-state index in [1.807, 2.05) is 6.92 Å². The molecule has 0 bridgehead atoms. The summed E-state index contributed by atoms with van der Waals surface area (Å²) in [5.74, 6) is 0.476. The van der Waals surface area contributed by atoms with E-state index in [1.54, 1.807) is 4.90 Å². The van der Waals surface area contributed by atoms with Crippen LogP contribution in [0.4, 0.5) is 0 Å². The molecule has 0 radical (unpaired) electrons. The zero-order valence-corrected chi connectivity index (χ0v) is 13.5. The predicted octanol–water partition coefficient (Wildman–Crippen LogP) is -1.41. The standard InChI is InChI=1S/C15H23N5O4/c1-8(2)3-4-15(16)12-13(17-6-19-15)20(7-18-12)14-11(23)10(22)9(5-21)24-14/h6,9-11,14,21-23H,1,3-5,7,16H2,2H3/t9-,10-,11-,14-,15?/m1/s1. The van der Waals surface area contributed by atoms with Crippen LogP contribution in [0.2, 0.25) is 0 Å². The predicted molar refractivity (Wildman–Crippen MR) is 88.8 cm³/mol. The van der Waals surface area contributed by atoms with Gasteiger partial charge in [-0.05, 0) is 19.8 Å². The molecule has 0 aliphatic carbocycles. The molecule has 5 N–H and O–H groups in total. The van der Waals surface area contributed by atoms with Crippen LogP contribution < -0.4 is 5.73 Å². The number of aliphatic hydroxyl groups excluding tert-OH is 3. The van der Waals surface area contributed by atoms with Gasteiger partial charge in [-0.3, -0.25) is 4.99 Å². The molecule has 0 aromatic heterocycles. The molecule has 1 fully saturated rings. The van der Waals surface area contributed by atoms with Crippen molar-refractivity contribution >= 4 is 17.9 Å². The second kappa shape index (κ2) is 6.34. The van der Waals surface area contributed by atoms with E-state index in [1.165, 1.54) is 6.34 Å². The van der Waals surface area contributed by atoms with E-state index in [9.17, 15) is 15.3 Å². The minimum Gasteiger partial charge on any atom is -0.394 e. The first-order valence-corrected chi connectivity index (χ1v) is 7.86. The Morgan fingerprint density at radius 1 is 1.50 bits per heavy atom. The second-order valence-electron chi connectivity index (χ2n) is 6.43. The summed E-state index contributed by atoms with van der Waals surface area (Å²) in [6.07, 6.45) is -1.43. The first kappa shape index (κ1) is 17.2. The van der Waals surface area contributed by atoms with E-state index in [0.29, 0.717) is 24.4 Å². The average molecular weight is 337 g/mol. The normalized spacial score (nSPS) is 38.1. The number of aliphatic imine (C=N–C) groups is 3. The van der Waals surface area contributed by atoms with E-state index >= 15 is 0 Å². The fraction of sp³-hybridized carbons (Fsp3) is 0.667. The lowest BCUT2D eigenvalue weighted by Gasteiger charge is -2.32. The number of rotatable bonds is 5. The third kappa shape index (κ3) is 2.78. The summed E-state index contributed by atoms with van der Waals surface area (Å²) in [7, 11) is 0. The molecule has 3 heterocycles. The van der Waals surface area contributed by atoms with Crippen LogP contribution in [-0.2, 0) is 4.74 Å². The maximum atomic E-state index is 10.2. The summed E-state index contributed by atoms with van der Waals surface area (Å²) in [6.45, 7) is 5.61. The number of aliphatic hydroxyl groups is 3. The third-order valence-electron chi connectivity index (χ3n) is 4.50. The van der Waals surface area contributed by atoms with Crippen LogP contribution >= 0.6 is 0 Å². The van der Waals surface area contributed by atoms with Crippen LogP contribution in [-0.4, -0.2) is 81.6 Å². The molecule has 1 saturated heterocycles. The average Bonchev–Trinajstić information content (AvgIpc) is 3.09. The zero-order valence-electron chi connectivity index (χ0n) is 13.5. The Labute approximate surface area is 139 Å². The van der Waals surface area contributed by atoms with E-state index in [4.69, 9.17) is 10.5 Å². The van der Waals surface area contributed by atoms with E-state index < -0.39 is 30.2 Å². The van der Waals surface area contributed by atoms with Crippen molar-refractivity contribution in [3.63, 3.8) is 0 Å². The van der Waals surface area contributed by atoms with Crippen molar-refractivity contribution in [1.29, 1.82) is 0 Å². The lowest BCUT2D eigenvalue weighted by Crippen LogP contribution is -2.55. The third-order valence-corrected chi connectivity index (χ3v) is 4.50. The maximum absolute atomic E-state index is 10.2. The molecular formula is C15H23N5O4. The van der Waals surface area contributed by atoms with Crippen molar-refractivity contribution in [1.82, 2.24) is 4.90 Å². The fourth-order valence-corrected chi connectivity index (χ4v) is 3.06. The monoisotopic (exact) mass is 337 g/mol. The Bertz CT molecular complexity index is 619. The Morgan fingerprint density at radius 2 is 2.25 bits per heavy atom. The van der Waals surface area contributed by atoms with Gasteiger partial charge in [0.25, 0.3) is 0 Å². The molecule has 5 atom stereocenters. The highest BCUT2D eigenvalue weighted by molar-refractivity contribution is 6.47. The van der Waals surface area contributed by atoms with Gasteiger partial charge in [0, 0.05) is 0 Å². The van der Waals surface area contributed by atoms with Gasteiger partial charge in [-0.15, -0.1) is 6.58 Å². The molecule has 1 unspecified atom stereocenters. The van der Waals surface area contributed by atoms with E-state index in [0.717, 1.165) is 5.57 Å². The van der Waals surface area contributed by atoms with Crippen LogP contribution in [0.3, 0.4) is 0 Å². The van der Waals surface area contributed by atoms with Gasteiger partial charge in [0.15, 0.2) is 17.7 Å². The van der Waals surface area contributed by atoms with Gasteiger partial charge in [0.2, 0.25) is 0 Å². The van der Waals surface area contributed by atoms with Gasteiger partial charge in [-0.1, -0.05) is 5.57 Å². The van der Waals surface area contributed by atoms with Crippen LogP contribution in [0.15, 0.2) is 27.1 Å². The lowest BCUT2D eigenvalue weighted by molar-refractivity contribution is -0.0688. The van der Waals surface area contributed by atoms with Crippen molar-refractivity contribution in [2.24, 2.45) is 20.7 Å². The van der Waals surface area contributed by atoms with Gasteiger partial charge in [0.1, 0.15) is 37.0 Å². The minimum absolute atomic E-state index is 0.191. The molecular weight excluding hydrogens is 314 g/mol. The van der Waals surface area contributed by atoms with Crippen molar-refractivity contribution in [3.8, 4) is 0 Å². The van der Waals surface area contributed by atoms with Gasteiger partial charge in [-0.25, -0.2) is 9.98 Å². The highest BCUT2D eigenvalue weighted by atomic mass is 16.6. The molecule has 3 aliphatic heterocycles. The Morgan fingerprint density at radius 3 is 2.88 bits per heavy atom. The van der Waals surface area contributed by atoms with Gasteiger partial charge >= 0.3 is 0 Å². The molecule has 3 rings (SSSR count). The largest absolute Gasteiger partial charge is 0.394 e. The number of hydrogen-bond donors (Lipinski definition) is 4. The number of fused-ring (bicyclic) bond motifs is 1. The highest BCUT2D eigenvalue weighted by Crippen LogP contribution is 2.30. The van der Waals surface area contributed by atoms with Gasteiger partial charge in [-0.2, -0.15) is 0 Å². The van der Waals surface area contributed by atoms with Crippen LogP contribution in [0, 0.1) is 0 Å². The summed E-state index contributed by atoms with van der Waals surface area (Å²) in [4.78, 5) is 14.6. The minimum atomic E-state index is -1.18. The topological polar surface area (TPSA) is 136 Å². The summed E-state index contributed by atoms with van der Waals surface area (Å²) in [5.41, 5.74) is 6.93. The molecule has 132 valence electrons. The quantitative estimate of drug-likeness (QED) is 0.455. The molecule has 0 saturated carbocycles. The number of ether oxygens (including phenoxy) is 1. The van der Waals surface area contributed by atoms with Crippen molar-refractivity contribution in [3.05, 3.63) is 12.2 Å². The molecule has 0 aromatic rings. The fourth-order valence-electron chi connectivity index (χ4n) is 3.06. The molecule has 9 nitrogen and oxygen atoms in total. The molecule has 0 aromatic carbocycles. The molecule has 24 heavy (non-hydrogen) atoms. The molecule has 3 aliphatic rings. The first-order chi connectivity index (χ1) is 11.4. The first-order valence-electron chi connectivity index (χ1n) is 7.86. The van der Waals surface area contributed by atoms with E-state index in [-0.39, 0.29) is 13.3 Å².